The van der Waals surface area contributed by atoms with E-state index in [2.05, 4.69) is 21.8 Å². The van der Waals surface area contributed by atoms with Gasteiger partial charge in [0.25, 0.3) is 0 Å². The van der Waals surface area contributed by atoms with Crippen molar-refractivity contribution in [3.05, 3.63) is 30.3 Å². The smallest absolute Gasteiger partial charge is 0.214 e. The maximum Gasteiger partial charge on any atom is 0.214 e. The Bertz CT molecular complexity index is 540. The number of sulfonamides is 1. The summed E-state index contributed by atoms with van der Waals surface area (Å²) in [4.78, 5) is 2.32. The van der Waals surface area contributed by atoms with Crippen molar-refractivity contribution in [3.63, 3.8) is 0 Å². The van der Waals surface area contributed by atoms with Gasteiger partial charge in [0.1, 0.15) is 0 Å². The van der Waals surface area contributed by atoms with Crippen LogP contribution >= 0.6 is 0 Å². The van der Waals surface area contributed by atoms with Gasteiger partial charge < -0.3 is 4.90 Å². The predicted octanol–water partition coefficient (Wildman–Crippen LogP) is 2.13. The molecule has 1 aliphatic heterocycles. The number of para-hydroxylation sites is 1. The minimum Gasteiger partial charge on any atom is -0.367 e. The summed E-state index contributed by atoms with van der Waals surface area (Å²) in [5.74, 6) is 0. The van der Waals surface area contributed by atoms with Crippen LogP contribution in [0.3, 0.4) is 0 Å². The molecule has 20 heavy (non-hydrogen) atoms. The van der Waals surface area contributed by atoms with E-state index in [4.69, 9.17) is 0 Å². The zero-order valence-corrected chi connectivity index (χ0v) is 12.5. The fourth-order valence-electron chi connectivity index (χ4n) is 3.02. The van der Waals surface area contributed by atoms with Gasteiger partial charge >= 0.3 is 0 Å². The predicted molar refractivity (Wildman–Crippen MR) is 81.4 cm³/mol. The summed E-state index contributed by atoms with van der Waals surface area (Å²) in [5.41, 5.74) is 1.19. The van der Waals surface area contributed by atoms with Gasteiger partial charge in [-0.15, -0.1) is 0 Å². The standard InChI is InChI=1S/C15H22N2O2S/c18-20(19,15-9-4-10-15)16-12-14-8-5-11-17(14)13-6-2-1-3-7-13/h1-3,6-7,14-16H,4-5,8-12H2/t14-/m1/s1. The van der Waals surface area contributed by atoms with Crippen molar-refractivity contribution in [1.82, 2.24) is 4.72 Å². The van der Waals surface area contributed by atoms with Crippen LogP contribution in [0.2, 0.25) is 0 Å². The Balaban J connectivity index is 1.62. The minimum atomic E-state index is -3.09. The lowest BCUT2D eigenvalue weighted by Crippen LogP contribution is -2.45. The molecule has 2 aliphatic rings. The average molecular weight is 294 g/mol. The molecule has 0 spiro atoms. The van der Waals surface area contributed by atoms with E-state index in [1.165, 1.54) is 5.69 Å². The average Bonchev–Trinajstić information content (AvgIpc) is 2.83. The van der Waals surface area contributed by atoms with E-state index in [1.54, 1.807) is 0 Å². The first kappa shape index (κ1) is 13.9. The van der Waals surface area contributed by atoms with Crippen LogP contribution in [-0.4, -0.2) is 32.8 Å². The molecule has 1 saturated carbocycles. The van der Waals surface area contributed by atoms with Crippen molar-refractivity contribution < 1.29 is 8.42 Å². The van der Waals surface area contributed by atoms with Crippen LogP contribution < -0.4 is 9.62 Å². The molecule has 0 amide bonds. The molecule has 1 aromatic rings. The molecule has 110 valence electrons. The second-order valence-electron chi connectivity index (χ2n) is 5.77. The molecule has 0 radical (unpaired) electrons. The van der Waals surface area contributed by atoms with E-state index in [0.29, 0.717) is 6.54 Å². The van der Waals surface area contributed by atoms with Gasteiger partial charge in [0.05, 0.1) is 5.25 Å². The van der Waals surface area contributed by atoms with Crippen molar-refractivity contribution in [1.29, 1.82) is 0 Å². The van der Waals surface area contributed by atoms with Crippen molar-refractivity contribution >= 4 is 15.7 Å². The first-order valence-corrected chi connectivity index (χ1v) is 9.01. The van der Waals surface area contributed by atoms with Gasteiger partial charge in [-0.05, 0) is 37.8 Å². The highest BCUT2D eigenvalue weighted by Gasteiger charge is 2.32. The molecule has 1 aromatic carbocycles. The summed E-state index contributed by atoms with van der Waals surface area (Å²) >= 11 is 0. The normalized spacial score (nSPS) is 23.8. The van der Waals surface area contributed by atoms with Crippen LogP contribution in [0, 0.1) is 0 Å². The topological polar surface area (TPSA) is 49.4 Å². The Morgan fingerprint density at radius 1 is 1.10 bits per heavy atom. The highest BCUT2D eigenvalue weighted by molar-refractivity contribution is 7.90. The van der Waals surface area contributed by atoms with Gasteiger partial charge in [0.2, 0.25) is 10.0 Å². The fraction of sp³-hybridized carbons (Fsp3) is 0.600. The van der Waals surface area contributed by atoms with Crippen LogP contribution in [-0.2, 0) is 10.0 Å². The lowest BCUT2D eigenvalue weighted by molar-refractivity contribution is 0.466. The molecule has 1 atom stereocenters. The third kappa shape index (κ3) is 2.83. The van der Waals surface area contributed by atoms with Gasteiger partial charge in [0.15, 0.2) is 0 Å². The molecule has 1 N–H and O–H groups in total. The largest absolute Gasteiger partial charge is 0.367 e. The van der Waals surface area contributed by atoms with Crippen molar-refractivity contribution in [2.75, 3.05) is 18.0 Å². The Morgan fingerprint density at radius 2 is 1.85 bits per heavy atom. The molecule has 2 fully saturated rings. The number of benzene rings is 1. The first-order chi connectivity index (χ1) is 9.67. The second kappa shape index (κ2) is 5.74. The molecule has 4 nitrogen and oxygen atoms in total. The molecule has 5 heteroatoms. The molecule has 1 saturated heterocycles. The van der Waals surface area contributed by atoms with E-state index in [0.717, 1.165) is 38.6 Å². The van der Waals surface area contributed by atoms with E-state index < -0.39 is 10.0 Å². The Kier molecular flexibility index (Phi) is 3.98. The monoisotopic (exact) mass is 294 g/mol. The highest BCUT2D eigenvalue weighted by Crippen LogP contribution is 2.27. The number of nitrogens with zero attached hydrogens (tertiary/aromatic N) is 1. The lowest BCUT2D eigenvalue weighted by atomic mass is 10.0. The summed E-state index contributed by atoms with van der Waals surface area (Å²) in [5, 5.41) is -0.144. The van der Waals surface area contributed by atoms with Crippen LogP contribution in [0.15, 0.2) is 30.3 Å². The van der Waals surface area contributed by atoms with Gasteiger partial charge in [0, 0.05) is 24.8 Å². The molecule has 1 heterocycles. The fourth-order valence-corrected chi connectivity index (χ4v) is 4.63. The van der Waals surface area contributed by atoms with Gasteiger partial charge in [-0.2, -0.15) is 0 Å². The molecular formula is C15H22N2O2S. The van der Waals surface area contributed by atoms with Crippen LogP contribution in [0.5, 0.6) is 0 Å². The molecule has 0 unspecified atom stereocenters. The van der Waals surface area contributed by atoms with E-state index in [9.17, 15) is 8.42 Å². The molecule has 1 aliphatic carbocycles. The summed E-state index contributed by atoms with van der Waals surface area (Å²) in [6, 6.07) is 10.5. The Labute approximate surface area is 121 Å². The summed E-state index contributed by atoms with van der Waals surface area (Å²) < 4.78 is 27.0. The van der Waals surface area contributed by atoms with Crippen molar-refractivity contribution in [2.24, 2.45) is 0 Å². The van der Waals surface area contributed by atoms with Crippen LogP contribution in [0.4, 0.5) is 5.69 Å². The number of hydrogen-bond donors (Lipinski definition) is 1. The molecular weight excluding hydrogens is 272 g/mol. The molecule has 3 rings (SSSR count). The van der Waals surface area contributed by atoms with Crippen molar-refractivity contribution in [2.45, 2.75) is 43.4 Å². The molecule has 0 aromatic heterocycles. The van der Waals surface area contributed by atoms with Crippen LogP contribution in [0.25, 0.3) is 0 Å². The van der Waals surface area contributed by atoms with Gasteiger partial charge in [-0.1, -0.05) is 24.6 Å². The number of nitrogens with one attached hydrogen (secondary N) is 1. The van der Waals surface area contributed by atoms with Crippen LogP contribution in [0.1, 0.15) is 32.1 Å². The van der Waals surface area contributed by atoms with Gasteiger partial charge in [-0.3, -0.25) is 0 Å². The maximum absolute atomic E-state index is 12.1. The molecule has 0 bridgehead atoms. The summed E-state index contributed by atoms with van der Waals surface area (Å²) in [7, 11) is -3.09. The zero-order valence-electron chi connectivity index (χ0n) is 11.7. The lowest BCUT2D eigenvalue weighted by Gasteiger charge is -2.29. The van der Waals surface area contributed by atoms with E-state index in [1.807, 2.05) is 18.2 Å². The minimum absolute atomic E-state index is 0.144. The zero-order chi connectivity index (χ0) is 14.0. The second-order valence-corrected chi connectivity index (χ2v) is 7.82. The first-order valence-electron chi connectivity index (χ1n) is 7.47. The SMILES string of the molecule is O=S(=O)(NC[C@H]1CCCN1c1ccccc1)C1CCC1. The van der Waals surface area contributed by atoms with Gasteiger partial charge in [-0.25, -0.2) is 13.1 Å². The Morgan fingerprint density at radius 3 is 2.50 bits per heavy atom. The summed E-state index contributed by atoms with van der Waals surface area (Å²) in [6.45, 7) is 1.55. The van der Waals surface area contributed by atoms with E-state index >= 15 is 0 Å². The number of hydrogen-bond acceptors (Lipinski definition) is 3. The van der Waals surface area contributed by atoms with Crippen molar-refractivity contribution in [3.8, 4) is 0 Å². The maximum atomic E-state index is 12.1. The quantitative estimate of drug-likeness (QED) is 0.905. The Hall–Kier alpha value is -1.07. The third-order valence-corrected chi connectivity index (χ3v) is 6.39. The number of anilines is 1. The number of rotatable bonds is 5. The highest BCUT2D eigenvalue weighted by atomic mass is 32.2. The van der Waals surface area contributed by atoms with E-state index in [-0.39, 0.29) is 11.3 Å². The summed E-state index contributed by atoms with van der Waals surface area (Å²) in [6.07, 6.45) is 4.88. The third-order valence-electron chi connectivity index (χ3n) is 4.48.